The Morgan fingerprint density at radius 3 is 2.24 bits per heavy atom. The molecule has 1 aromatic rings. The zero-order valence-electron chi connectivity index (χ0n) is 27.7. The van der Waals surface area contributed by atoms with Crippen LogP contribution in [0.25, 0.3) is 0 Å². The number of hydrogen-bond donors (Lipinski definition) is 4. The molecule has 2 heterocycles. The largest absolute Gasteiger partial charge is 0.394 e. The number of carbonyl (C=O) groups excluding carboxylic acids is 1. The van der Waals surface area contributed by atoms with E-state index in [1.54, 1.807) is 0 Å². The minimum Gasteiger partial charge on any atom is -0.394 e. The van der Waals surface area contributed by atoms with Crippen LogP contribution >= 0.6 is 8.25 Å². The molecule has 0 saturated carbocycles. The number of nitrogens with zero attached hydrogens (tertiary/aromatic N) is 1. The summed E-state index contributed by atoms with van der Waals surface area (Å²) in [6.07, 6.45) is 21.6. The molecule has 0 aliphatic carbocycles. The van der Waals surface area contributed by atoms with Gasteiger partial charge in [-0.05, 0) is 44.9 Å². The van der Waals surface area contributed by atoms with Gasteiger partial charge < -0.3 is 29.3 Å². The van der Waals surface area contributed by atoms with E-state index >= 15 is 0 Å². The topological polar surface area (TPSA) is 169 Å². The highest BCUT2D eigenvalue weighted by Crippen LogP contribution is 2.37. The number of carbonyl (C=O) groups is 1. The minimum atomic E-state index is -3.39. The summed E-state index contributed by atoms with van der Waals surface area (Å²) < 4.78 is 29.3. The maximum atomic E-state index is 12.3. The van der Waals surface area contributed by atoms with Gasteiger partial charge in [0.15, 0.2) is 6.23 Å². The Hall–Kier alpha value is -2.08. The van der Waals surface area contributed by atoms with Crippen molar-refractivity contribution in [3.63, 3.8) is 0 Å². The molecule has 12 nitrogen and oxygen atoms in total. The van der Waals surface area contributed by atoms with Crippen LogP contribution < -0.4 is 16.6 Å². The maximum Gasteiger partial charge on any atom is 0.330 e. The SMILES string of the molecule is CCCCCCCC/C=C\CCCCCCCC(=O)NCCCCCCOC1[C@@H](O[PH](=O)O)[C@@H](CO)O[C@H]1n1ccc(=O)[nH]c1=O. The molecule has 1 aliphatic heterocycles. The molecule has 1 amide bonds. The van der Waals surface area contributed by atoms with Crippen LogP contribution in [0.1, 0.15) is 129 Å². The molecule has 0 radical (unpaired) electrons. The fourth-order valence-electron chi connectivity index (χ4n) is 5.62. The van der Waals surface area contributed by atoms with Gasteiger partial charge in [-0.1, -0.05) is 83.3 Å². The maximum absolute atomic E-state index is 12.3. The van der Waals surface area contributed by atoms with Gasteiger partial charge in [0.2, 0.25) is 5.91 Å². The number of allylic oxidation sites excluding steroid dienone is 2. The van der Waals surface area contributed by atoms with Gasteiger partial charge in [-0.2, -0.15) is 0 Å². The van der Waals surface area contributed by atoms with Gasteiger partial charge in [0.1, 0.15) is 18.3 Å². The third-order valence-electron chi connectivity index (χ3n) is 8.20. The van der Waals surface area contributed by atoms with Crippen LogP contribution in [0.15, 0.2) is 34.0 Å². The van der Waals surface area contributed by atoms with Crippen LogP contribution in [-0.4, -0.2) is 63.5 Å². The molecule has 264 valence electrons. The smallest absolute Gasteiger partial charge is 0.330 e. The monoisotopic (exact) mass is 671 g/mol. The predicted octanol–water partition coefficient (Wildman–Crippen LogP) is 5.29. The Kier molecular flexibility index (Phi) is 21.8. The van der Waals surface area contributed by atoms with Gasteiger partial charge in [0.05, 0.1) is 6.61 Å². The van der Waals surface area contributed by atoms with E-state index in [9.17, 15) is 28.9 Å². The summed E-state index contributed by atoms with van der Waals surface area (Å²) in [6, 6.07) is 1.15. The van der Waals surface area contributed by atoms with Gasteiger partial charge in [0, 0.05) is 31.8 Å². The summed E-state index contributed by atoms with van der Waals surface area (Å²) in [5, 5.41) is 12.7. The zero-order valence-corrected chi connectivity index (χ0v) is 28.7. The highest BCUT2D eigenvalue weighted by Gasteiger charge is 2.48. The Balaban J connectivity index is 1.52. The lowest BCUT2D eigenvalue weighted by Crippen LogP contribution is -2.40. The number of aliphatic hydroxyl groups excluding tert-OH is 1. The predicted molar refractivity (Wildman–Crippen MR) is 179 cm³/mol. The van der Waals surface area contributed by atoms with Crippen LogP contribution in [0.3, 0.4) is 0 Å². The number of ether oxygens (including phenoxy) is 2. The molecule has 1 aromatic heterocycles. The first-order valence-electron chi connectivity index (χ1n) is 17.4. The van der Waals surface area contributed by atoms with Gasteiger partial charge in [-0.15, -0.1) is 0 Å². The molecule has 4 N–H and O–H groups in total. The van der Waals surface area contributed by atoms with Crippen molar-refractivity contribution in [2.75, 3.05) is 19.8 Å². The van der Waals surface area contributed by atoms with E-state index in [0.29, 0.717) is 19.4 Å². The number of aromatic nitrogens is 2. The normalized spacial score (nSPS) is 20.4. The summed E-state index contributed by atoms with van der Waals surface area (Å²) in [5.41, 5.74) is -1.32. The van der Waals surface area contributed by atoms with Crippen molar-refractivity contribution in [1.29, 1.82) is 0 Å². The van der Waals surface area contributed by atoms with Crippen molar-refractivity contribution < 1.29 is 33.4 Å². The summed E-state index contributed by atoms with van der Waals surface area (Å²) in [5.74, 6) is 0.0957. The van der Waals surface area contributed by atoms with E-state index in [-0.39, 0.29) is 12.5 Å². The zero-order chi connectivity index (χ0) is 33.4. The van der Waals surface area contributed by atoms with E-state index in [1.807, 2.05) is 0 Å². The fraction of sp³-hybridized carbons (Fsp3) is 0.788. The molecule has 1 fully saturated rings. The highest BCUT2D eigenvalue weighted by atomic mass is 31.1. The van der Waals surface area contributed by atoms with E-state index < -0.39 is 50.7 Å². The second-order valence-electron chi connectivity index (χ2n) is 12.0. The average molecular weight is 672 g/mol. The molecule has 1 aliphatic rings. The molecule has 5 atom stereocenters. The highest BCUT2D eigenvalue weighted by molar-refractivity contribution is 7.32. The Morgan fingerprint density at radius 2 is 1.59 bits per heavy atom. The van der Waals surface area contributed by atoms with E-state index in [0.717, 1.165) is 49.2 Å². The van der Waals surface area contributed by atoms with Crippen LogP contribution in [0.2, 0.25) is 0 Å². The first-order chi connectivity index (χ1) is 22.4. The van der Waals surface area contributed by atoms with Crippen LogP contribution in [0.5, 0.6) is 0 Å². The van der Waals surface area contributed by atoms with Crippen molar-refractivity contribution in [3.05, 3.63) is 45.3 Å². The molecule has 13 heteroatoms. The number of hydrogen-bond acceptors (Lipinski definition) is 8. The molecule has 0 bridgehead atoms. The number of aliphatic hydroxyl groups is 1. The van der Waals surface area contributed by atoms with Crippen molar-refractivity contribution in [3.8, 4) is 0 Å². The number of rotatable bonds is 27. The Labute approximate surface area is 274 Å². The van der Waals surface area contributed by atoms with Crippen molar-refractivity contribution in [2.24, 2.45) is 0 Å². The molecule has 2 unspecified atom stereocenters. The van der Waals surface area contributed by atoms with Gasteiger partial charge in [-0.25, -0.2) is 4.79 Å². The summed E-state index contributed by atoms with van der Waals surface area (Å²) >= 11 is 0. The minimum absolute atomic E-state index is 0.0957. The van der Waals surface area contributed by atoms with Crippen LogP contribution in [0.4, 0.5) is 0 Å². The molecule has 46 heavy (non-hydrogen) atoms. The third kappa shape index (κ3) is 16.7. The van der Waals surface area contributed by atoms with Crippen LogP contribution in [0, 0.1) is 0 Å². The Bertz CT molecular complexity index is 1130. The molecule has 1 saturated heterocycles. The standard InChI is InChI=1S/C33H58N3O9P/c1-2-3-4-5-6-7-8-9-10-11-12-13-14-15-18-21-28(38)34-23-19-16-17-20-25-43-31-30(45-46(41)42)27(26-37)44-32(31)36-24-22-29(39)35-33(36)40/h9-10,22,24,27,30-32,37,46H,2-8,11-21,23,25-26H2,1H3,(H,34,38)(H,41,42)(H,35,39,40)/b10-9-/t27-,30+,31?,32-/m1/s1. The van der Waals surface area contributed by atoms with Crippen molar-refractivity contribution >= 4 is 14.2 Å². The van der Waals surface area contributed by atoms with E-state index in [2.05, 4.69) is 29.4 Å². The summed E-state index contributed by atoms with van der Waals surface area (Å²) in [4.78, 5) is 47.4. The number of unbranched alkanes of at least 4 members (excludes halogenated alkanes) is 14. The van der Waals surface area contributed by atoms with E-state index in [1.165, 1.54) is 70.4 Å². The summed E-state index contributed by atoms with van der Waals surface area (Å²) in [7, 11) is -3.39. The van der Waals surface area contributed by atoms with Gasteiger partial charge >= 0.3 is 13.9 Å². The fourth-order valence-corrected chi connectivity index (χ4v) is 6.13. The number of aromatic amines is 1. The second-order valence-corrected chi connectivity index (χ2v) is 12.8. The molecule has 0 aromatic carbocycles. The lowest BCUT2D eigenvalue weighted by Gasteiger charge is -2.24. The van der Waals surface area contributed by atoms with E-state index in [4.69, 9.17) is 14.0 Å². The van der Waals surface area contributed by atoms with Crippen molar-refractivity contribution in [2.45, 2.75) is 147 Å². The first kappa shape index (κ1) is 40.1. The number of H-pyrrole nitrogens is 1. The first-order valence-corrected chi connectivity index (χ1v) is 18.6. The molecular formula is C33H58N3O9P. The van der Waals surface area contributed by atoms with Crippen LogP contribution in [-0.2, 0) is 23.4 Å². The lowest BCUT2D eigenvalue weighted by molar-refractivity contribution is -0.121. The van der Waals surface area contributed by atoms with Gasteiger partial charge in [-0.3, -0.25) is 23.7 Å². The second kappa shape index (κ2) is 25.0. The number of amides is 1. The number of nitrogens with one attached hydrogen (secondary N) is 2. The Morgan fingerprint density at radius 1 is 0.957 bits per heavy atom. The third-order valence-corrected chi connectivity index (χ3v) is 8.67. The quantitative estimate of drug-likeness (QED) is 0.0551. The molecule has 0 spiro atoms. The average Bonchev–Trinajstić information content (AvgIpc) is 3.36. The van der Waals surface area contributed by atoms with Crippen molar-refractivity contribution in [1.82, 2.24) is 14.9 Å². The molecular weight excluding hydrogens is 613 g/mol. The van der Waals surface area contributed by atoms with Gasteiger partial charge in [0.25, 0.3) is 5.56 Å². The molecule has 2 rings (SSSR count). The summed E-state index contributed by atoms with van der Waals surface area (Å²) in [6.45, 7) is 2.62. The lowest BCUT2D eigenvalue weighted by atomic mass is 10.1.